The largest absolute Gasteiger partial charge is 0.493 e. The lowest BCUT2D eigenvalue weighted by molar-refractivity contribution is 0.0983. The monoisotopic (exact) mass is 476 g/mol. The number of rotatable bonds is 10. The van der Waals surface area contributed by atoms with Crippen LogP contribution in [0.4, 0.5) is 16.2 Å². The lowest BCUT2D eigenvalue weighted by Crippen LogP contribution is -2.19. The molecule has 7 nitrogen and oxygen atoms in total. The van der Waals surface area contributed by atoms with Gasteiger partial charge in [0.25, 0.3) is 0 Å². The summed E-state index contributed by atoms with van der Waals surface area (Å²) in [5, 5.41) is 5.51. The number of anilines is 2. The van der Waals surface area contributed by atoms with E-state index in [2.05, 4.69) is 36.6 Å². The van der Waals surface area contributed by atoms with Crippen molar-refractivity contribution in [3.63, 3.8) is 0 Å². The van der Waals surface area contributed by atoms with Gasteiger partial charge in [-0.2, -0.15) is 0 Å². The van der Waals surface area contributed by atoms with Crippen LogP contribution in [0.15, 0.2) is 60.7 Å². The van der Waals surface area contributed by atoms with Gasteiger partial charge in [0.15, 0.2) is 17.3 Å². The Balaban J connectivity index is 1.70. The number of amides is 2. The Morgan fingerprint density at radius 1 is 0.800 bits per heavy atom. The van der Waals surface area contributed by atoms with E-state index in [4.69, 9.17) is 14.2 Å². The van der Waals surface area contributed by atoms with Crippen LogP contribution in [0.1, 0.15) is 54.6 Å². The van der Waals surface area contributed by atoms with E-state index >= 15 is 0 Å². The highest BCUT2D eigenvalue weighted by Crippen LogP contribution is 2.30. The summed E-state index contributed by atoms with van der Waals surface area (Å²) in [7, 11) is 3.07. The number of urea groups is 1. The number of hydrogen-bond acceptors (Lipinski definition) is 5. The second-order valence-electron chi connectivity index (χ2n) is 8.32. The van der Waals surface area contributed by atoms with Crippen LogP contribution in [-0.4, -0.2) is 26.0 Å². The molecule has 0 spiro atoms. The predicted molar refractivity (Wildman–Crippen MR) is 138 cm³/mol. The maximum atomic E-state index is 12.6. The Bertz CT molecular complexity index is 1170. The molecule has 3 rings (SSSR count). The first kappa shape index (κ1) is 25.6. The summed E-state index contributed by atoms with van der Waals surface area (Å²) in [6, 6.07) is 17.9. The molecule has 184 valence electrons. The molecule has 0 radical (unpaired) electrons. The number of carbonyl (C=O) groups is 2. The lowest BCUT2D eigenvalue weighted by atomic mass is 10.0. The van der Waals surface area contributed by atoms with E-state index in [0.29, 0.717) is 53.1 Å². The molecule has 0 fully saturated rings. The fraction of sp³-hybridized carbons (Fsp3) is 0.286. The lowest BCUT2D eigenvalue weighted by Gasteiger charge is -2.14. The molecule has 0 saturated carbocycles. The molecule has 0 unspecified atom stereocenters. The molecule has 3 aromatic rings. The molecule has 3 aromatic carbocycles. The van der Waals surface area contributed by atoms with Gasteiger partial charge in [0, 0.05) is 23.9 Å². The SMILES string of the molecule is CCC(=O)c1cc(NC(=O)Nc2ccc(OC)c(OC)c2)ccc1OCc1ccc(C(C)C)cc1. The zero-order chi connectivity index (χ0) is 25.4. The highest BCUT2D eigenvalue weighted by atomic mass is 16.5. The van der Waals surface area contributed by atoms with Crippen LogP contribution >= 0.6 is 0 Å². The minimum Gasteiger partial charge on any atom is -0.493 e. The Hall–Kier alpha value is -4.00. The van der Waals surface area contributed by atoms with Gasteiger partial charge in [0.2, 0.25) is 0 Å². The van der Waals surface area contributed by atoms with Crippen LogP contribution < -0.4 is 24.8 Å². The zero-order valence-electron chi connectivity index (χ0n) is 20.8. The molecule has 2 N–H and O–H groups in total. The molecule has 0 saturated heterocycles. The van der Waals surface area contributed by atoms with Gasteiger partial charge in [-0.15, -0.1) is 0 Å². The summed E-state index contributed by atoms with van der Waals surface area (Å²) in [5.74, 6) is 1.94. The van der Waals surface area contributed by atoms with Crippen LogP contribution in [0.25, 0.3) is 0 Å². The number of ether oxygens (including phenoxy) is 3. The molecule has 0 aromatic heterocycles. The van der Waals surface area contributed by atoms with E-state index in [1.54, 1.807) is 50.4 Å². The third-order valence-corrected chi connectivity index (χ3v) is 5.54. The number of nitrogens with one attached hydrogen (secondary N) is 2. The minimum atomic E-state index is -0.453. The molecule has 0 bridgehead atoms. The maximum absolute atomic E-state index is 12.6. The summed E-state index contributed by atoms with van der Waals surface area (Å²) in [5.41, 5.74) is 3.72. The first-order valence-electron chi connectivity index (χ1n) is 11.5. The van der Waals surface area contributed by atoms with E-state index < -0.39 is 6.03 Å². The van der Waals surface area contributed by atoms with Gasteiger partial charge in [0.05, 0.1) is 19.8 Å². The van der Waals surface area contributed by atoms with E-state index in [9.17, 15) is 9.59 Å². The van der Waals surface area contributed by atoms with Crippen molar-refractivity contribution >= 4 is 23.2 Å². The van der Waals surface area contributed by atoms with E-state index in [1.165, 1.54) is 12.7 Å². The van der Waals surface area contributed by atoms with Crippen LogP contribution in [0, 0.1) is 0 Å². The summed E-state index contributed by atoms with van der Waals surface area (Å²) in [6.45, 7) is 6.44. The highest BCUT2D eigenvalue weighted by molar-refractivity contribution is 6.03. The predicted octanol–water partition coefficient (Wildman–Crippen LogP) is 6.64. The van der Waals surface area contributed by atoms with E-state index in [-0.39, 0.29) is 5.78 Å². The van der Waals surface area contributed by atoms with Gasteiger partial charge in [-0.25, -0.2) is 4.79 Å². The number of hydrogen-bond donors (Lipinski definition) is 2. The van der Waals surface area contributed by atoms with Crippen LogP contribution in [0.3, 0.4) is 0 Å². The smallest absolute Gasteiger partial charge is 0.323 e. The van der Waals surface area contributed by atoms with Crippen molar-refractivity contribution in [1.82, 2.24) is 0 Å². The molecule has 7 heteroatoms. The van der Waals surface area contributed by atoms with Crippen molar-refractivity contribution in [1.29, 1.82) is 0 Å². The van der Waals surface area contributed by atoms with Crippen molar-refractivity contribution in [3.05, 3.63) is 77.4 Å². The summed E-state index contributed by atoms with van der Waals surface area (Å²) in [6.07, 6.45) is 0.320. The van der Waals surface area contributed by atoms with Crippen LogP contribution in [0.2, 0.25) is 0 Å². The Labute approximate surface area is 206 Å². The highest BCUT2D eigenvalue weighted by Gasteiger charge is 2.14. The molecule has 0 aliphatic heterocycles. The first-order chi connectivity index (χ1) is 16.8. The van der Waals surface area contributed by atoms with Crippen molar-refractivity contribution < 1.29 is 23.8 Å². The summed E-state index contributed by atoms with van der Waals surface area (Å²) >= 11 is 0. The van der Waals surface area contributed by atoms with Gasteiger partial charge in [-0.3, -0.25) is 4.79 Å². The van der Waals surface area contributed by atoms with E-state index in [0.717, 1.165) is 5.56 Å². The standard InChI is InChI=1S/C28H32N2O5/c1-6-24(31)23-15-21(29-28(32)30-22-12-14-26(33-4)27(16-22)34-5)11-13-25(23)35-17-19-7-9-20(10-8-19)18(2)3/h7-16,18H,6,17H2,1-5H3,(H2,29,30,32). The average Bonchev–Trinajstić information content (AvgIpc) is 2.87. The van der Waals surface area contributed by atoms with E-state index in [1.807, 2.05) is 12.1 Å². The fourth-order valence-electron chi connectivity index (χ4n) is 3.51. The second kappa shape index (κ2) is 11.9. The Kier molecular flexibility index (Phi) is 8.73. The third-order valence-electron chi connectivity index (χ3n) is 5.54. The molecule has 0 heterocycles. The maximum Gasteiger partial charge on any atom is 0.323 e. The molecular formula is C28H32N2O5. The number of carbonyl (C=O) groups excluding carboxylic acids is 2. The van der Waals surface area contributed by atoms with Crippen molar-refractivity contribution in [2.24, 2.45) is 0 Å². The summed E-state index contributed by atoms with van der Waals surface area (Å²) in [4.78, 5) is 25.1. The van der Waals surface area contributed by atoms with Crippen molar-refractivity contribution in [2.45, 2.75) is 39.7 Å². The normalized spacial score (nSPS) is 10.6. The number of benzene rings is 3. The quantitative estimate of drug-likeness (QED) is 0.320. The molecule has 0 aliphatic carbocycles. The topological polar surface area (TPSA) is 85.9 Å². The van der Waals surface area contributed by atoms with Gasteiger partial charge in [-0.1, -0.05) is 45.0 Å². The van der Waals surface area contributed by atoms with Crippen LogP contribution in [0.5, 0.6) is 17.2 Å². The van der Waals surface area contributed by atoms with Gasteiger partial charge in [-0.05, 0) is 47.4 Å². The van der Waals surface area contributed by atoms with Gasteiger partial charge >= 0.3 is 6.03 Å². The minimum absolute atomic E-state index is 0.0703. The van der Waals surface area contributed by atoms with Gasteiger partial charge in [0.1, 0.15) is 12.4 Å². The molecule has 0 atom stereocenters. The number of Topliss-reactive ketones (excluding diaryl/α,β-unsaturated/α-hetero) is 1. The van der Waals surface area contributed by atoms with Gasteiger partial charge < -0.3 is 24.8 Å². The molecule has 35 heavy (non-hydrogen) atoms. The second-order valence-corrected chi connectivity index (χ2v) is 8.32. The molecule has 2 amide bonds. The van der Waals surface area contributed by atoms with Crippen LogP contribution in [-0.2, 0) is 6.61 Å². The van der Waals surface area contributed by atoms with Crippen molar-refractivity contribution in [2.75, 3.05) is 24.9 Å². The Morgan fingerprint density at radius 2 is 1.40 bits per heavy atom. The average molecular weight is 477 g/mol. The first-order valence-corrected chi connectivity index (χ1v) is 11.5. The zero-order valence-corrected chi connectivity index (χ0v) is 20.8. The number of ketones is 1. The fourth-order valence-corrected chi connectivity index (χ4v) is 3.51. The summed E-state index contributed by atoms with van der Waals surface area (Å²) < 4.78 is 16.5. The Morgan fingerprint density at radius 3 is 1.97 bits per heavy atom. The third kappa shape index (κ3) is 6.76. The van der Waals surface area contributed by atoms with Crippen molar-refractivity contribution in [3.8, 4) is 17.2 Å². The number of methoxy groups -OCH3 is 2. The molecular weight excluding hydrogens is 444 g/mol. The molecule has 0 aliphatic rings.